The van der Waals surface area contributed by atoms with E-state index in [0.717, 1.165) is 5.56 Å². The Kier molecular flexibility index (Phi) is 4.40. The molecule has 1 heterocycles. The standard InChI is InChI=1S/C13H9Cl2N3O3/c1-7-4-5-16-12(15)11(7)17-13(19)8-2-3-10(18(20)21)9(14)6-8/h2-6H,1H3,(H,17,19). The van der Waals surface area contributed by atoms with Gasteiger partial charge in [0.2, 0.25) is 0 Å². The van der Waals surface area contributed by atoms with Gasteiger partial charge in [0.25, 0.3) is 11.6 Å². The normalized spacial score (nSPS) is 10.2. The molecule has 0 aliphatic heterocycles. The van der Waals surface area contributed by atoms with Crippen LogP contribution in [0, 0.1) is 17.0 Å². The van der Waals surface area contributed by atoms with Gasteiger partial charge < -0.3 is 5.32 Å². The molecule has 0 spiro atoms. The van der Waals surface area contributed by atoms with Crippen molar-refractivity contribution in [3.05, 3.63) is 61.9 Å². The average molecular weight is 326 g/mol. The van der Waals surface area contributed by atoms with Gasteiger partial charge in [-0.2, -0.15) is 0 Å². The number of aromatic nitrogens is 1. The molecule has 0 fully saturated rings. The van der Waals surface area contributed by atoms with Crippen molar-refractivity contribution in [2.24, 2.45) is 0 Å². The van der Waals surface area contributed by atoms with Crippen molar-refractivity contribution in [1.82, 2.24) is 4.98 Å². The number of carbonyl (C=O) groups is 1. The third-order valence-electron chi connectivity index (χ3n) is 2.76. The number of rotatable bonds is 3. The van der Waals surface area contributed by atoms with Gasteiger partial charge >= 0.3 is 0 Å². The Hall–Kier alpha value is -2.18. The summed E-state index contributed by atoms with van der Waals surface area (Å²) in [6.07, 6.45) is 1.52. The van der Waals surface area contributed by atoms with Crippen LogP contribution in [0.4, 0.5) is 11.4 Å². The predicted molar refractivity (Wildman–Crippen MR) is 80.0 cm³/mol. The summed E-state index contributed by atoms with van der Waals surface area (Å²) in [5.41, 5.74) is 1.06. The van der Waals surface area contributed by atoms with Crippen molar-refractivity contribution in [2.75, 3.05) is 5.32 Å². The molecule has 1 N–H and O–H groups in total. The molecule has 8 heteroatoms. The first-order valence-electron chi connectivity index (χ1n) is 5.76. The Morgan fingerprint density at radius 1 is 1.33 bits per heavy atom. The lowest BCUT2D eigenvalue weighted by Crippen LogP contribution is -2.13. The van der Waals surface area contributed by atoms with Crippen molar-refractivity contribution in [2.45, 2.75) is 6.92 Å². The number of pyridine rings is 1. The Morgan fingerprint density at radius 2 is 2.05 bits per heavy atom. The van der Waals surface area contributed by atoms with Crippen LogP contribution in [0.3, 0.4) is 0 Å². The molecule has 0 saturated heterocycles. The zero-order valence-electron chi connectivity index (χ0n) is 10.8. The number of nitrogens with zero attached hydrogens (tertiary/aromatic N) is 2. The van der Waals surface area contributed by atoms with Crippen LogP contribution in [-0.4, -0.2) is 15.8 Å². The molecule has 1 amide bonds. The molecule has 0 saturated carbocycles. The lowest BCUT2D eigenvalue weighted by atomic mass is 10.2. The Labute approximate surface area is 129 Å². The second-order valence-electron chi connectivity index (χ2n) is 4.17. The minimum Gasteiger partial charge on any atom is -0.319 e. The molecule has 1 aromatic heterocycles. The molecule has 6 nitrogen and oxygen atoms in total. The first kappa shape index (κ1) is 15.2. The SMILES string of the molecule is Cc1ccnc(Cl)c1NC(=O)c1ccc([N+](=O)[O-])c(Cl)c1. The molecular weight excluding hydrogens is 317 g/mol. The quantitative estimate of drug-likeness (QED) is 0.527. The number of hydrogen-bond acceptors (Lipinski definition) is 4. The van der Waals surface area contributed by atoms with E-state index in [1.807, 2.05) is 0 Å². The fourth-order valence-electron chi connectivity index (χ4n) is 1.66. The highest BCUT2D eigenvalue weighted by atomic mass is 35.5. The third kappa shape index (κ3) is 3.29. The van der Waals surface area contributed by atoms with E-state index in [4.69, 9.17) is 23.2 Å². The van der Waals surface area contributed by atoms with Gasteiger partial charge in [0.1, 0.15) is 5.02 Å². The smallest absolute Gasteiger partial charge is 0.287 e. The number of nitrogens with one attached hydrogen (secondary N) is 1. The van der Waals surface area contributed by atoms with Gasteiger partial charge in [-0.3, -0.25) is 14.9 Å². The molecule has 0 atom stereocenters. The molecule has 2 aromatic rings. The molecule has 21 heavy (non-hydrogen) atoms. The van der Waals surface area contributed by atoms with Crippen molar-refractivity contribution in [1.29, 1.82) is 0 Å². The number of benzene rings is 1. The minimum atomic E-state index is -0.619. The summed E-state index contributed by atoms with van der Waals surface area (Å²) in [6.45, 7) is 1.77. The Balaban J connectivity index is 2.29. The maximum atomic E-state index is 12.1. The number of hydrogen-bond donors (Lipinski definition) is 1. The van der Waals surface area contributed by atoms with Gasteiger partial charge in [0, 0.05) is 17.8 Å². The molecule has 0 bridgehead atoms. The van der Waals surface area contributed by atoms with E-state index in [-0.39, 0.29) is 21.4 Å². The average Bonchev–Trinajstić information content (AvgIpc) is 2.42. The number of nitro benzene ring substituents is 1. The van der Waals surface area contributed by atoms with E-state index >= 15 is 0 Å². The van der Waals surface area contributed by atoms with Crippen molar-refractivity contribution in [3.8, 4) is 0 Å². The topological polar surface area (TPSA) is 85.1 Å². The fraction of sp³-hybridized carbons (Fsp3) is 0.0769. The zero-order chi connectivity index (χ0) is 15.6. The van der Waals surface area contributed by atoms with Gasteiger partial charge in [0.05, 0.1) is 10.6 Å². The molecular formula is C13H9Cl2N3O3. The first-order valence-corrected chi connectivity index (χ1v) is 6.52. The number of aryl methyl sites for hydroxylation is 1. The van der Waals surface area contributed by atoms with E-state index in [1.54, 1.807) is 13.0 Å². The maximum absolute atomic E-state index is 12.1. The van der Waals surface area contributed by atoms with E-state index in [2.05, 4.69) is 10.3 Å². The molecule has 0 aliphatic carbocycles. The Bertz CT molecular complexity index is 714. The van der Waals surface area contributed by atoms with E-state index in [9.17, 15) is 14.9 Å². The zero-order valence-corrected chi connectivity index (χ0v) is 12.3. The Morgan fingerprint density at radius 3 is 2.62 bits per heavy atom. The molecule has 1 aromatic carbocycles. The number of anilines is 1. The van der Waals surface area contributed by atoms with Crippen LogP contribution in [0.15, 0.2) is 30.5 Å². The number of halogens is 2. The molecule has 0 aliphatic rings. The second kappa shape index (κ2) is 6.07. The summed E-state index contributed by atoms with van der Waals surface area (Å²) in [4.78, 5) is 26.1. The van der Waals surface area contributed by atoms with E-state index < -0.39 is 10.8 Å². The number of amides is 1. The summed E-state index contributed by atoms with van der Waals surface area (Å²) in [6, 6.07) is 5.42. The van der Waals surface area contributed by atoms with Gasteiger partial charge in [-0.05, 0) is 30.7 Å². The third-order valence-corrected chi connectivity index (χ3v) is 3.35. The summed E-state index contributed by atoms with van der Waals surface area (Å²) in [7, 11) is 0. The lowest BCUT2D eigenvalue weighted by Gasteiger charge is -2.09. The van der Waals surface area contributed by atoms with E-state index in [1.165, 1.54) is 24.4 Å². The van der Waals surface area contributed by atoms with Gasteiger partial charge in [0.15, 0.2) is 5.15 Å². The monoisotopic (exact) mass is 325 g/mol. The first-order chi connectivity index (χ1) is 9.90. The molecule has 0 radical (unpaired) electrons. The van der Waals surface area contributed by atoms with Crippen LogP contribution in [0.25, 0.3) is 0 Å². The fourth-order valence-corrected chi connectivity index (χ4v) is 2.16. The minimum absolute atomic E-state index is 0.110. The van der Waals surface area contributed by atoms with Crippen molar-refractivity contribution in [3.63, 3.8) is 0 Å². The predicted octanol–water partition coefficient (Wildman–Crippen LogP) is 3.86. The highest BCUT2D eigenvalue weighted by Crippen LogP contribution is 2.27. The molecule has 0 unspecified atom stereocenters. The molecule has 108 valence electrons. The highest BCUT2D eigenvalue weighted by molar-refractivity contribution is 6.34. The lowest BCUT2D eigenvalue weighted by molar-refractivity contribution is -0.384. The van der Waals surface area contributed by atoms with Gasteiger partial charge in [-0.15, -0.1) is 0 Å². The number of carbonyl (C=O) groups excluding carboxylic acids is 1. The maximum Gasteiger partial charge on any atom is 0.287 e. The number of nitro groups is 1. The van der Waals surface area contributed by atoms with Crippen LogP contribution in [0.5, 0.6) is 0 Å². The van der Waals surface area contributed by atoms with Crippen LogP contribution >= 0.6 is 23.2 Å². The van der Waals surface area contributed by atoms with Gasteiger partial charge in [-0.25, -0.2) is 4.98 Å². The summed E-state index contributed by atoms with van der Waals surface area (Å²) < 4.78 is 0. The van der Waals surface area contributed by atoms with Crippen molar-refractivity contribution >= 4 is 40.5 Å². The van der Waals surface area contributed by atoms with E-state index in [0.29, 0.717) is 5.69 Å². The van der Waals surface area contributed by atoms with Crippen molar-refractivity contribution < 1.29 is 9.72 Å². The van der Waals surface area contributed by atoms with Crippen LogP contribution in [0.2, 0.25) is 10.2 Å². The highest BCUT2D eigenvalue weighted by Gasteiger charge is 2.16. The largest absolute Gasteiger partial charge is 0.319 e. The summed E-state index contributed by atoms with van der Waals surface area (Å²) in [5, 5.41) is 13.3. The molecule has 2 rings (SSSR count). The van der Waals surface area contributed by atoms with Crippen LogP contribution in [-0.2, 0) is 0 Å². The summed E-state index contributed by atoms with van der Waals surface area (Å²) in [5.74, 6) is -0.482. The van der Waals surface area contributed by atoms with Crippen LogP contribution in [0.1, 0.15) is 15.9 Å². The second-order valence-corrected chi connectivity index (χ2v) is 4.94. The van der Waals surface area contributed by atoms with Crippen LogP contribution < -0.4 is 5.32 Å². The summed E-state index contributed by atoms with van der Waals surface area (Å²) >= 11 is 11.7. The van der Waals surface area contributed by atoms with Gasteiger partial charge in [-0.1, -0.05) is 23.2 Å².